The minimum Gasteiger partial charge on any atom is -0.508 e. The maximum Gasteiger partial charge on any atom is 0.227 e. The lowest BCUT2D eigenvalue weighted by Crippen LogP contribution is -2.43. The predicted molar refractivity (Wildman–Crippen MR) is 84.1 cm³/mol. The molecule has 0 saturated heterocycles. The molecule has 0 atom stereocenters. The average molecular weight is 290 g/mol. The summed E-state index contributed by atoms with van der Waals surface area (Å²) in [7, 11) is 0. The monoisotopic (exact) mass is 290 g/mol. The van der Waals surface area contributed by atoms with Crippen LogP contribution in [-0.4, -0.2) is 35.0 Å². The summed E-state index contributed by atoms with van der Waals surface area (Å²) in [5, 5.41) is 9.84. The molecule has 1 fully saturated rings. The van der Waals surface area contributed by atoms with Crippen molar-refractivity contribution in [3.8, 4) is 5.75 Å². The van der Waals surface area contributed by atoms with Gasteiger partial charge in [-0.15, -0.1) is 0 Å². The number of phenols is 1. The normalized spacial score (nSPS) is 15.9. The van der Waals surface area contributed by atoms with Crippen molar-refractivity contribution in [1.29, 1.82) is 0 Å². The highest BCUT2D eigenvalue weighted by Gasteiger charge is 2.25. The minimum absolute atomic E-state index is 0.108. The highest BCUT2D eigenvalue weighted by molar-refractivity contribution is 5.79. The number of carbonyl (C=O) groups is 1. The Morgan fingerprint density at radius 2 is 1.95 bits per heavy atom. The molecule has 1 aromatic rings. The Balaban J connectivity index is 2.04. The highest BCUT2D eigenvalue weighted by atomic mass is 16.3. The Kier molecular flexibility index (Phi) is 6.05. The number of para-hydroxylation sites is 1. The molecule has 0 spiro atoms. The van der Waals surface area contributed by atoms with E-state index >= 15 is 0 Å². The topological polar surface area (TPSA) is 66.6 Å². The smallest absolute Gasteiger partial charge is 0.227 e. The van der Waals surface area contributed by atoms with E-state index < -0.39 is 0 Å². The van der Waals surface area contributed by atoms with Gasteiger partial charge in [0.1, 0.15) is 5.75 Å². The van der Waals surface area contributed by atoms with Gasteiger partial charge < -0.3 is 15.7 Å². The molecule has 0 radical (unpaired) electrons. The highest BCUT2D eigenvalue weighted by Crippen LogP contribution is 2.24. The first-order chi connectivity index (χ1) is 10.2. The van der Waals surface area contributed by atoms with E-state index in [1.807, 2.05) is 17.0 Å². The zero-order chi connectivity index (χ0) is 15.1. The molecule has 0 unspecified atom stereocenters. The van der Waals surface area contributed by atoms with Crippen LogP contribution >= 0.6 is 0 Å². The van der Waals surface area contributed by atoms with Crippen LogP contribution in [-0.2, 0) is 11.2 Å². The van der Waals surface area contributed by atoms with Crippen LogP contribution in [0.4, 0.5) is 0 Å². The van der Waals surface area contributed by atoms with Crippen LogP contribution in [0.3, 0.4) is 0 Å². The van der Waals surface area contributed by atoms with E-state index in [0.717, 1.165) is 25.8 Å². The van der Waals surface area contributed by atoms with Gasteiger partial charge in [-0.1, -0.05) is 37.5 Å². The molecule has 0 bridgehead atoms. The average Bonchev–Trinajstić information content (AvgIpc) is 2.51. The fourth-order valence-corrected chi connectivity index (χ4v) is 3.09. The molecule has 21 heavy (non-hydrogen) atoms. The predicted octanol–water partition coefficient (Wildman–Crippen LogP) is 2.44. The van der Waals surface area contributed by atoms with E-state index in [0.29, 0.717) is 18.2 Å². The van der Waals surface area contributed by atoms with Crippen molar-refractivity contribution in [2.24, 2.45) is 5.73 Å². The molecule has 0 aliphatic heterocycles. The van der Waals surface area contributed by atoms with Crippen molar-refractivity contribution in [2.45, 2.75) is 51.0 Å². The van der Waals surface area contributed by atoms with Crippen LogP contribution in [0.2, 0.25) is 0 Å². The third kappa shape index (κ3) is 4.46. The third-order valence-corrected chi connectivity index (χ3v) is 4.27. The molecule has 0 heterocycles. The summed E-state index contributed by atoms with van der Waals surface area (Å²) in [6, 6.07) is 7.43. The van der Waals surface area contributed by atoms with Gasteiger partial charge >= 0.3 is 0 Å². The van der Waals surface area contributed by atoms with Crippen molar-refractivity contribution in [3.63, 3.8) is 0 Å². The maximum atomic E-state index is 12.6. The largest absolute Gasteiger partial charge is 0.508 e. The molecule has 1 saturated carbocycles. The molecule has 1 aliphatic rings. The molecule has 0 aromatic heterocycles. The third-order valence-electron chi connectivity index (χ3n) is 4.27. The summed E-state index contributed by atoms with van der Waals surface area (Å²) in [6.07, 6.45) is 6.97. The van der Waals surface area contributed by atoms with Gasteiger partial charge in [-0.3, -0.25) is 4.79 Å². The molecule has 1 amide bonds. The van der Waals surface area contributed by atoms with Gasteiger partial charge in [0.15, 0.2) is 0 Å². The second-order valence-corrected chi connectivity index (χ2v) is 5.83. The summed E-state index contributed by atoms with van der Waals surface area (Å²) in [6.45, 7) is 1.33. The zero-order valence-corrected chi connectivity index (χ0v) is 12.6. The van der Waals surface area contributed by atoms with Gasteiger partial charge in [0, 0.05) is 18.2 Å². The van der Waals surface area contributed by atoms with Gasteiger partial charge in [-0.2, -0.15) is 0 Å². The molecule has 2 rings (SSSR count). The van der Waals surface area contributed by atoms with Crippen molar-refractivity contribution in [2.75, 3.05) is 13.1 Å². The van der Waals surface area contributed by atoms with E-state index in [9.17, 15) is 9.90 Å². The van der Waals surface area contributed by atoms with Crippen molar-refractivity contribution in [3.05, 3.63) is 29.8 Å². The summed E-state index contributed by atoms with van der Waals surface area (Å²) in [5.41, 5.74) is 6.31. The second kappa shape index (κ2) is 8.03. The van der Waals surface area contributed by atoms with Gasteiger partial charge in [0.05, 0.1) is 6.42 Å². The molecule has 116 valence electrons. The van der Waals surface area contributed by atoms with E-state index in [4.69, 9.17) is 5.73 Å². The first-order valence-electron chi connectivity index (χ1n) is 7.98. The number of carbonyl (C=O) groups excluding carboxylic acids is 1. The van der Waals surface area contributed by atoms with E-state index in [1.165, 1.54) is 19.3 Å². The van der Waals surface area contributed by atoms with Crippen molar-refractivity contribution < 1.29 is 9.90 Å². The maximum absolute atomic E-state index is 12.6. The van der Waals surface area contributed by atoms with Gasteiger partial charge in [-0.25, -0.2) is 0 Å². The molecular formula is C17H26N2O2. The Morgan fingerprint density at radius 1 is 1.24 bits per heavy atom. The van der Waals surface area contributed by atoms with E-state index in [-0.39, 0.29) is 18.1 Å². The standard InChI is InChI=1S/C17H26N2O2/c18-11-6-12-19(15-8-2-1-3-9-15)17(21)13-14-7-4-5-10-16(14)20/h4-5,7,10,15,20H,1-3,6,8-9,11-13,18H2. The summed E-state index contributed by atoms with van der Waals surface area (Å²) < 4.78 is 0. The number of rotatable bonds is 6. The summed E-state index contributed by atoms with van der Waals surface area (Å²) in [4.78, 5) is 14.6. The van der Waals surface area contributed by atoms with Crippen LogP contribution in [0.1, 0.15) is 44.1 Å². The number of benzene rings is 1. The quantitative estimate of drug-likeness (QED) is 0.845. The molecule has 4 heteroatoms. The van der Waals surface area contributed by atoms with E-state index in [2.05, 4.69) is 0 Å². The van der Waals surface area contributed by atoms with Crippen LogP contribution in [0.15, 0.2) is 24.3 Å². The Morgan fingerprint density at radius 3 is 2.62 bits per heavy atom. The summed E-state index contributed by atoms with van der Waals surface area (Å²) >= 11 is 0. The zero-order valence-electron chi connectivity index (χ0n) is 12.6. The molecule has 4 nitrogen and oxygen atoms in total. The summed E-state index contributed by atoms with van der Waals surface area (Å²) in [5.74, 6) is 0.310. The molecular weight excluding hydrogens is 264 g/mol. The van der Waals surface area contributed by atoms with Crippen LogP contribution in [0.5, 0.6) is 5.75 Å². The molecule has 3 N–H and O–H groups in total. The SMILES string of the molecule is NCCCN(C(=O)Cc1ccccc1O)C1CCCCC1. The lowest BCUT2D eigenvalue weighted by molar-refractivity contribution is -0.133. The first kappa shape index (κ1) is 15.8. The van der Waals surface area contributed by atoms with Crippen molar-refractivity contribution in [1.82, 2.24) is 4.90 Å². The van der Waals surface area contributed by atoms with Crippen molar-refractivity contribution >= 4 is 5.91 Å². The van der Waals surface area contributed by atoms with Gasteiger partial charge in [0.2, 0.25) is 5.91 Å². The van der Waals surface area contributed by atoms with Crippen LogP contribution in [0, 0.1) is 0 Å². The fourth-order valence-electron chi connectivity index (χ4n) is 3.09. The Hall–Kier alpha value is -1.55. The number of hydrogen-bond acceptors (Lipinski definition) is 3. The van der Waals surface area contributed by atoms with Gasteiger partial charge in [0.25, 0.3) is 0 Å². The Bertz CT molecular complexity index is 456. The minimum atomic E-state index is 0.108. The number of hydrogen-bond donors (Lipinski definition) is 2. The Labute approximate surface area is 126 Å². The van der Waals surface area contributed by atoms with Crippen LogP contribution in [0.25, 0.3) is 0 Å². The number of phenolic OH excluding ortho intramolecular Hbond substituents is 1. The molecule has 1 aliphatic carbocycles. The lowest BCUT2D eigenvalue weighted by atomic mass is 9.93. The van der Waals surface area contributed by atoms with Crippen LogP contribution < -0.4 is 5.73 Å². The molecule has 1 aromatic carbocycles. The number of nitrogens with zero attached hydrogens (tertiary/aromatic N) is 1. The fraction of sp³-hybridized carbons (Fsp3) is 0.588. The number of amides is 1. The van der Waals surface area contributed by atoms with Gasteiger partial charge in [-0.05, 0) is 31.9 Å². The lowest BCUT2D eigenvalue weighted by Gasteiger charge is -2.34. The first-order valence-corrected chi connectivity index (χ1v) is 7.98. The second-order valence-electron chi connectivity index (χ2n) is 5.83. The number of aromatic hydroxyl groups is 1. The van der Waals surface area contributed by atoms with E-state index in [1.54, 1.807) is 12.1 Å². The number of nitrogens with two attached hydrogens (primary N) is 1.